The van der Waals surface area contributed by atoms with Crippen molar-refractivity contribution in [3.8, 4) is 10.6 Å². The molecule has 0 unspecified atom stereocenters. The molecule has 25 heavy (non-hydrogen) atoms. The second-order valence-electron chi connectivity index (χ2n) is 5.36. The van der Waals surface area contributed by atoms with Crippen molar-refractivity contribution in [3.05, 3.63) is 69.1 Å². The second kappa shape index (κ2) is 7.87. The van der Waals surface area contributed by atoms with Gasteiger partial charge in [0.25, 0.3) is 0 Å². The number of amides is 2. The van der Waals surface area contributed by atoms with Gasteiger partial charge in [-0.3, -0.25) is 0 Å². The molecule has 128 valence electrons. The number of hydrogen-bond acceptors (Lipinski definition) is 3. The maximum atomic E-state index is 12.1. The van der Waals surface area contributed by atoms with Crippen molar-refractivity contribution in [1.29, 1.82) is 0 Å². The fraction of sp³-hybridized carbons (Fsp3) is 0.111. The third kappa shape index (κ3) is 4.72. The van der Waals surface area contributed by atoms with Crippen LogP contribution in [-0.4, -0.2) is 11.0 Å². The van der Waals surface area contributed by atoms with Crippen molar-refractivity contribution in [2.45, 2.75) is 13.5 Å². The van der Waals surface area contributed by atoms with E-state index in [9.17, 15) is 4.79 Å². The van der Waals surface area contributed by atoms with Crippen molar-refractivity contribution < 1.29 is 4.79 Å². The first-order valence-electron chi connectivity index (χ1n) is 7.54. The predicted octanol–water partition coefficient (Wildman–Crippen LogP) is 5.75. The average molecular weight is 392 g/mol. The summed E-state index contributed by atoms with van der Waals surface area (Å²) in [5.41, 5.74) is 2.52. The summed E-state index contributed by atoms with van der Waals surface area (Å²) in [6.45, 7) is 2.34. The zero-order valence-corrected chi connectivity index (χ0v) is 15.7. The lowest BCUT2D eigenvalue weighted by atomic mass is 10.2. The lowest BCUT2D eigenvalue weighted by Gasteiger charge is -2.08. The topological polar surface area (TPSA) is 54.0 Å². The number of nitrogens with zero attached hydrogens (tertiary/aromatic N) is 1. The Labute approximate surface area is 159 Å². The number of halogens is 2. The van der Waals surface area contributed by atoms with Crippen LogP contribution in [0.15, 0.2) is 48.5 Å². The highest BCUT2D eigenvalue weighted by molar-refractivity contribution is 7.15. The molecule has 1 aromatic heterocycles. The molecule has 0 aliphatic heterocycles. The summed E-state index contributed by atoms with van der Waals surface area (Å²) in [7, 11) is 0. The van der Waals surface area contributed by atoms with E-state index in [4.69, 9.17) is 23.2 Å². The fourth-order valence-corrected chi connectivity index (χ4v) is 3.79. The molecule has 0 saturated heterocycles. The van der Waals surface area contributed by atoms with Crippen LogP contribution in [0.3, 0.4) is 0 Å². The van der Waals surface area contributed by atoms with E-state index >= 15 is 0 Å². The number of anilines is 1. The molecule has 0 aliphatic rings. The molecule has 0 fully saturated rings. The molecule has 2 aromatic carbocycles. The molecule has 3 rings (SSSR count). The number of benzene rings is 2. The standard InChI is InChI=1S/C18H15Cl2N3OS/c1-11-16(25-17(22-11)12-5-3-2-4-6-12)10-21-18(24)23-15-8-13(19)7-14(20)9-15/h2-9H,10H2,1H3,(H2,21,23,24). The minimum Gasteiger partial charge on any atom is -0.333 e. The van der Waals surface area contributed by atoms with Gasteiger partial charge in [-0.1, -0.05) is 53.5 Å². The zero-order valence-electron chi connectivity index (χ0n) is 13.3. The average Bonchev–Trinajstić information content (AvgIpc) is 2.94. The van der Waals surface area contributed by atoms with Crippen molar-refractivity contribution in [1.82, 2.24) is 10.3 Å². The SMILES string of the molecule is Cc1nc(-c2ccccc2)sc1CNC(=O)Nc1cc(Cl)cc(Cl)c1. The summed E-state index contributed by atoms with van der Waals surface area (Å²) in [5, 5.41) is 7.42. The molecule has 0 spiro atoms. The molecule has 2 amide bonds. The summed E-state index contributed by atoms with van der Waals surface area (Å²) in [4.78, 5) is 17.7. The Morgan fingerprint density at radius 2 is 1.80 bits per heavy atom. The molecule has 4 nitrogen and oxygen atoms in total. The highest BCUT2D eigenvalue weighted by Crippen LogP contribution is 2.27. The van der Waals surface area contributed by atoms with E-state index in [1.807, 2.05) is 37.3 Å². The van der Waals surface area contributed by atoms with Crippen LogP contribution >= 0.6 is 34.5 Å². The van der Waals surface area contributed by atoms with E-state index in [1.165, 1.54) is 0 Å². The van der Waals surface area contributed by atoms with Crippen LogP contribution in [0.1, 0.15) is 10.6 Å². The van der Waals surface area contributed by atoms with Crippen LogP contribution in [0, 0.1) is 6.92 Å². The van der Waals surface area contributed by atoms with E-state index < -0.39 is 0 Å². The fourth-order valence-electron chi connectivity index (χ4n) is 2.26. The minimum absolute atomic E-state index is 0.326. The lowest BCUT2D eigenvalue weighted by molar-refractivity contribution is 0.252. The smallest absolute Gasteiger partial charge is 0.319 e. The Balaban J connectivity index is 1.63. The first kappa shape index (κ1) is 17.7. The molecule has 0 atom stereocenters. The Morgan fingerprint density at radius 3 is 2.48 bits per heavy atom. The molecule has 0 saturated carbocycles. The molecule has 0 radical (unpaired) electrons. The van der Waals surface area contributed by atoms with Gasteiger partial charge in [-0.2, -0.15) is 0 Å². The van der Waals surface area contributed by atoms with Gasteiger partial charge in [0.05, 0.1) is 12.2 Å². The molecule has 1 heterocycles. The quantitative estimate of drug-likeness (QED) is 0.594. The van der Waals surface area contributed by atoms with Crippen LogP contribution in [0.5, 0.6) is 0 Å². The van der Waals surface area contributed by atoms with Crippen LogP contribution in [0.25, 0.3) is 10.6 Å². The number of nitrogens with one attached hydrogen (secondary N) is 2. The van der Waals surface area contributed by atoms with Crippen LogP contribution < -0.4 is 10.6 Å². The van der Waals surface area contributed by atoms with E-state index in [1.54, 1.807) is 29.5 Å². The highest BCUT2D eigenvalue weighted by atomic mass is 35.5. The van der Waals surface area contributed by atoms with Gasteiger partial charge in [0.15, 0.2) is 0 Å². The summed E-state index contributed by atoms with van der Waals surface area (Å²) < 4.78 is 0. The van der Waals surface area contributed by atoms with Gasteiger partial charge in [0.1, 0.15) is 5.01 Å². The van der Waals surface area contributed by atoms with Crippen molar-refractivity contribution in [2.24, 2.45) is 0 Å². The largest absolute Gasteiger partial charge is 0.333 e. The first-order valence-corrected chi connectivity index (χ1v) is 9.11. The number of urea groups is 1. The molecule has 2 N–H and O–H groups in total. The van der Waals surface area contributed by atoms with Gasteiger partial charge in [0.2, 0.25) is 0 Å². The molecular formula is C18H15Cl2N3OS. The van der Waals surface area contributed by atoms with Crippen molar-refractivity contribution >= 4 is 46.3 Å². The number of hydrogen-bond donors (Lipinski definition) is 2. The number of aryl methyl sites for hydroxylation is 1. The van der Waals surface area contributed by atoms with E-state index in [2.05, 4.69) is 15.6 Å². The summed E-state index contributed by atoms with van der Waals surface area (Å²) >= 11 is 13.4. The number of aromatic nitrogens is 1. The Bertz CT molecular complexity index is 876. The monoisotopic (exact) mass is 391 g/mol. The van der Waals surface area contributed by atoms with Gasteiger partial charge in [-0.15, -0.1) is 11.3 Å². The van der Waals surface area contributed by atoms with E-state index in [0.717, 1.165) is 21.1 Å². The van der Waals surface area contributed by atoms with Crippen molar-refractivity contribution in [2.75, 3.05) is 5.32 Å². The maximum Gasteiger partial charge on any atom is 0.319 e. The summed E-state index contributed by atoms with van der Waals surface area (Å²) in [6, 6.07) is 14.5. The number of carbonyl (C=O) groups excluding carboxylic acids is 1. The Kier molecular flexibility index (Phi) is 5.58. The van der Waals surface area contributed by atoms with E-state index in [-0.39, 0.29) is 6.03 Å². The molecule has 7 heteroatoms. The molecule has 0 aliphatic carbocycles. The minimum atomic E-state index is -0.326. The van der Waals surface area contributed by atoms with E-state index in [0.29, 0.717) is 22.3 Å². The summed E-state index contributed by atoms with van der Waals surface area (Å²) in [5.74, 6) is 0. The van der Waals surface area contributed by atoms with Gasteiger partial charge in [-0.25, -0.2) is 9.78 Å². The van der Waals surface area contributed by atoms with Gasteiger partial charge in [-0.05, 0) is 25.1 Å². The van der Waals surface area contributed by atoms with Gasteiger partial charge in [0, 0.05) is 26.2 Å². The predicted molar refractivity (Wildman–Crippen MR) is 105 cm³/mol. The van der Waals surface area contributed by atoms with Crippen LogP contribution in [0.4, 0.5) is 10.5 Å². The second-order valence-corrected chi connectivity index (χ2v) is 7.32. The highest BCUT2D eigenvalue weighted by Gasteiger charge is 2.11. The molecule has 3 aromatic rings. The van der Waals surface area contributed by atoms with Gasteiger partial charge < -0.3 is 10.6 Å². The Morgan fingerprint density at radius 1 is 1.12 bits per heavy atom. The van der Waals surface area contributed by atoms with Gasteiger partial charge >= 0.3 is 6.03 Å². The van der Waals surface area contributed by atoms with Crippen LogP contribution in [0.2, 0.25) is 10.0 Å². The number of thiazole rings is 1. The number of carbonyl (C=O) groups is 1. The third-order valence-corrected chi connectivity index (χ3v) is 5.09. The maximum absolute atomic E-state index is 12.1. The summed E-state index contributed by atoms with van der Waals surface area (Å²) in [6.07, 6.45) is 0. The normalized spacial score (nSPS) is 10.5. The zero-order chi connectivity index (χ0) is 17.8. The first-order chi connectivity index (χ1) is 12.0. The lowest BCUT2D eigenvalue weighted by Crippen LogP contribution is -2.28. The van der Waals surface area contributed by atoms with Crippen molar-refractivity contribution in [3.63, 3.8) is 0 Å². The molecule has 0 bridgehead atoms. The van der Waals surface area contributed by atoms with Crippen LogP contribution in [-0.2, 0) is 6.54 Å². The third-order valence-electron chi connectivity index (χ3n) is 3.44. The molecular weight excluding hydrogens is 377 g/mol. The Hall–Kier alpha value is -2.08. The number of rotatable bonds is 4.